The zero-order valence-corrected chi connectivity index (χ0v) is 18.4. The molecule has 0 fully saturated rings. The van der Waals surface area contributed by atoms with Crippen molar-refractivity contribution in [3.63, 3.8) is 0 Å². The second kappa shape index (κ2) is 10.3. The fourth-order valence-corrected chi connectivity index (χ4v) is 3.43. The van der Waals surface area contributed by atoms with E-state index in [2.05, 4.69) is 10.5 Å². The fourth-order valence-electron chi connectivity index (χ4n) is 3.43. The number of nitrogens with zero attached hydrogens (tertiary/aromatic N) is 1. The molecule has 0 aliphatic carbocycles. The van der Waals surface area contributed by atoms with Gasteiger partial charge in [0.15, 0.2) is 0 Å². The van der Waals surface area contributed by atoms with Gasteiger partial charge in [0, 0.05) is 17.2 Å². The van der Waals surface area contributed by atoms with E-state index in [1.165, 1.54) is 14.2 Å². The summed E-state index contributed by atoms with van der Waals surface area (Å²) in [4.78, 5) is 12.7. The zero-order chi connectivity index (χ0) is 23.0. The lowest BCUT2D eigenvalue weighted by Gasteiger charge is -2.12. The number of fused-ring (bicyclic) bond motifs is 1. The summed E-state index contributed by atoms with van der Waals surface area (Å²) < 4.78 is 16.6. The standard InChI is InChI=1S/C27H24N2O4/c1-31-22-14-21(15-23(16-22)32-2)27(30)29-28-17-25-24-11-7-6-10-20(24)12-13-26(25)33-18-19-8-4-3-5-9-19/h3-17H,18H2,1-2H3,(H,29,30). The molecule has 4 aromatic rings. The number of carbonyl (C=O) groups is 1. The van der Waals surface area contributed by atoms with Crippen molar-refractivity contribution in [2.75, 3.05) is 14.2 Å². The van der Waals surface area contributed by atoms with Crippen LogP contribution in [-0.4, -0.2) is 26.3 Å². The number of hydrogen-bond donors (Lipinski definition) is 1. The molecule has 1 N–H and O–H groups in total. The molecule has 4 rings (SSSR count). The maximum absolute atomic E-state index is 12.7. The first-order chi connectivity index (χ1) is 16.2. The van der Waals surface area contributed by atoms with E-state index < -0.39 is 0 Å². The first-order valence-corrected chi connectivity index (χ1v) is 10.4. The van der Waals surface area contributed by atoms with E-state index in [0.29, 0.717) is 29.4 Å². The van der Waals surface area contributed by atoms with Crippen LogP contribution in [0, 0.1) is 0 Å². The molecule has 0 radical (unpaired) electrons. The summed E-state index contributed by atoms with van der Waals surface area (Å²) >= 11 is 0. The molecule has 166 valence electrons. The summed E-state index contributed by atoms with van der Waals surface area (Å²) in [6.07, 6.45) is 1.61. The second-order valence-corrected chi connectivity index (χ2v) is 7.27. The van der Waals surface area contributed by atoms with Gasteiger partial charge in [-0.05, 0) is 34.5 Å². The number of methoxy groups -OCH3 is 2. The smallest absolute Gasteiger partial charge is 0.271 e. The second-order valence-electron chi connectivity index (χ2n) is 7.27. The summed E-state index contributed by atoms with van der Waals surface area (Å²) in [6, 6.07) is 26.8. The van der Waals surface area contributed by atoms with Gasteiger partial charge in [0.25, 0.3) is 5.91 Å². The maximum Gasteiger partial charge on any atom is 0.271 e. The molecular formula is C27H24N2O4. The lowest BCUT2D eigenvalue weighted by Crippen LogP contribution is -2.18. The monoisotopic (exact) mass is 440 g/mol. The molecule has 0 bridgehead atoms. The summed E-state index contributed by atoms with van der Waals surface area (Å²) in [5.74, 6) is 1.34. The lowest BCUT2D eigenvalue weighted by atomic mass is 10.0. The highest BCUT2D eigenvalue weighted by Crippen LogP contribution is 2.27. The molecule has 0 aliphatic rings. The molecule has 0 atom stereocenters. The topological polar surface area (TPSA) is 69.2 Å². The van der Waals surface area contributed by atoms with Crippen molar-refractivity contribution in [1.82, 2.24) is 5.43 Å². The van der Waals surface area contributed by atoms with Crippen LogP contribution in [0.25, 0.3) is 10.8 Å². The van der Waals surface area contributed by atoms with Gasteiger partial charge in [-0.3, -0.25) is 4.79 Å². The summed E-state index contributed by atoms with van der Waals surface area (Å²) in [5.41, 5.74) is 4.80. The minimum Gasteiger partial charge on any atom is -0.497 e. The number of rotatable bonds is 8. The Kier molecular flexibility index (Phi) is 6.85. The van der Waals surface area contributed by atoms with Crippen LogP contribution in [0.4, 0.5) is 0 Å². The van der Waals surface area contributed by atoms with Crippen molar-refractivity contribution in [3.05, 3.63) is 102 Å². The van der Waals surface area contributed by atoms with E-state index in [1.807, 2.05) is 66.7 Å². The van der Waals surface area contributed by atoms with Gasteiger partial charge in [0.2, 0.25) is 0 Å². The van der Waals surface area contributed by atoms with Crippen LogP contribution < -0.4 is 19.6 Å². The van der Waals surface area contributed by atoms with E-state index >= 15 is 0 Å². The van der Waals surface area contributed by atoms with E-state index in [4.69, 9.17) is 14.2 Å². The number of hydrazone groups is 1. The van der Waals surface area contributed by atoms with Crippen LogP contribution in [0.1, 0.15) is 21.5 Å². The molecule has 0 saturated heterocycles. The number of benzene rings is 4. The third-order valence-electron chi connectivity index (χ3n) is 5.14. The van der Waals surface area contributed by atoms with Gasteiger partial charge in [-0.1, -0.05) is 60.7 Å². The average molecular weight is 440 g/mol. The van der Waals surface area contributed by atoms with Crippen LogP contribution in [0.2, 0.25) is 0 Å². The van der Waals surface area contributed by atoms with Crippen LogP contribution in [0.5, 0.6) is 17.2 Å². The Morgan fingerprint density at radius 2 is 1.58 bits per heavy atom. The Bertz CT molecular complexity index is 1260. The molecule has 0 unspecified atom stereocenters. The van der Waals surface area contributed by atoms with E-state index in [0.717, 1.165) is 21.9 Å². The Hall–Kier alpha value is -4.32. The van der Waals surface area contributed by atoms with Crippen molar-refractivity contribution in [1.29, 1.82) is 0 Å². The van der Waals surface area contributed by atoms with E-state index in [1.54, 1.807) is 24.4 Å². The minimum absolute atomic E-state index is 0.377. The van der Waals surface area contributed by atoms with Crippen molar-refractivity contribution in [2.24, 2.45) is 5.10 Å². The van der Waals surface area contributed by atoms with Crippen LogP contribution in [0.3, 0.4) is 0 Å². The molecule has 6 nitrogen and oxygen atoms in total. The van der Waals surface area contributed by atoms with Crippen molar-refractivity contribution >= 4 is 22.9 Å². The van der Waals surface area contributed by atoms with Crippen LogP contribution in [0.15, 0.2) is 90.0 Å². The summed E-state index contributed by atoms with van der Waals surface area (Å²) in [6.45, 7) is 0.427. The highest BCUT2D eigenvalue weighted by molar-refractivity contribution is 6.03. The molecule has 6 heteroatoms. The molecule has 4 aromatic carbocycles. The van der Waals surface area contributed by atoms with Crippen molar-refractivity contribution < 1.29 is 19.0 Å². The summed E-state index contributed by atoms with van der Waals surface area (Å²) in [5, 5.41) is 6.24. The van der Waals surface area contributed by atoms with Crippen LogP contribution in [-0.2, 0) is 6.61 Å². The Balaban J connectivity index is 1.58. The SMILES string of the molecule is COc1cc(OC)cc(C(=O)NN=Cc2c(OCc3ccccc3)ccc3ccccc23)c1. The van der Waals surface area contributed by atoms with Gasteiger partial charge in [-0.15, -0.1) is 0 Å². The molecule has 0 aromatic heterocycles. The highest BCUT2D eigenvalue weighted by atomic mass is 16.5. The molecule has 0 aliphatic heterocycles. The molecule has 1 amide bonds. The predicted octanol–water partition coefficient (Wildman–Crippen LogP) is 5.20. The van der Waals surface area contributed by atoms with Gasteiger partial charge in [-0.2, -0.15) is 5.10 Å². The van der Waals surface area contributed by atoms with E-state index in [9.17, 15) is 4.79 Å². The third kappa shape index (κ3) is 5.30. The first-order valence-electron chi connectivity index (χ1n) is 10.4. The lowest BCUT2D eigenvalue weighted by molar-refractivity contribution is 0.0954. The van der Waals surface area contributed by atoms with Gasteiger partial charge in [-0.25, -0.2) is 5.43 Å². The minimum atomic E-state index is -0.379. The number of nitrogens with one attached hydrogen (secondary N) is 1. The van der Waals surface area contributed by atoms with Crippen LogP contribution >= 0.6 is 0 Å². The van der Waals surface area contributed by atoms with Crippen molar-refractivity contribution in [3.8, 4) is 17.2 Å². The van der Waals surface area contributed by atoms with Gasteiger partial charge in [0.05, 0.1) is 20.4 Å². The number of carbonyl (C=O) groups excluding carboxylic acids is 1. The van der Waals surface area contributed by atoms with Gasteiger partial charge in [0.1, 0.15) is 23.9 Å². The normalized spacial score (nSPS) is 10.8. The predicted molar refractivity (Wildman–Crippen MR) is 129 cm³/mol. The fraction of sp³-hybridized carbons (Fsp3) is 0.111. The highest BCUT2D eigenvalue weighted by Gasteiger charge is 2.11. The first kappa shape index (κ1) is 21.9. The molecule has 33 heavy (non-hydrogen) atoms. The Morgan fingerprint density at radius 3 is 2.30 bits per heavy atom. The molecule has 0 saturated carbocycles. The molecule has 0 heterocycles. The third-order valence-corrected chi connectivity index (χ3v) is 5.14. The molecule has 0 spiro atoms. The summed E-state index contributed by atoms with van der Waals surface area (Å²) in [7, 11) is 3.07. The Labute approximate surface area is 192 Å². The maximum atomic E-state index is 12.7. The van der Waals surface area contributed by atoms with Crippen molar-refractivity contribution in [2.45, 2.75) is 6.61 Å². The number of amides is 1. The largest absolute Gasteiger partial charge is 0.497 e. The quantitative estimate of drug-likeness (QED) is 0.302. The average Bonchev–Trinajstić information content (AvgIpc) is 2.88. The molecular weight excluding hydrogens is 416 g/mol. The number of hydrogen-bond acceptors (Lipinski definition) is 5. The Morgan fingerprint density at radius 1 is 0.879 bits per heavy atom. The van der Waals surface area contributed by atoms with Gasteiger partial charge < -0.3 is 14.2 Å². The van der Waals surface area contributed by atoms with E-state index in [-0.39, 0.29) is 5.91 Å². The van der Waals surface area contributed by atoms with Gasteiger partial charge >= 0.3 is 0 Å². The zero-order valence-electron chi connectivity index (χ0n) is 18.4. The number of ether oxygens (including phenoxy) is 3.